The van der Waals surface area contributed by atoms with E-state index in [1.807, 2.05) is 42.6 Å². The van der Waals surface area contributed by atoms with Crippen LogP contribution in [0, 0.1) is 6.92 Å². The first-order valence-electron chi connectivity index (χ1n) is 11.4. The fourth-order valence-electron chi connectivity index (χ4n) is 4.19. The van der Waals surface area contributed by atoms with Gasteiger partial charge >= 0.3 is 0 Å². The molecular weight excluding hydrogens is 416 g/mol. The average molecular weight is 447 g/mol. The molecule has 0 unspecified atom stereocenters. The minimum Gasteiger partial charge on any atom is -0.445 e. The molecule has 1 aromatic carbocycles. The maximum Gasteiger partial charge on any atom is 0.243 e. The summed E-state index contributed by atoms with van der Waals surface area (Å²) in [6.45, 7) is 6.59. The van der Waals surface area contributed by atoms with Gasteiger partial charge in [0.25, 0.3) is 0 Å². The molecule has 3 aromatic rings. The fourth-order valence-corrected chi connectivity index (χ4v) is 4.19. The van der Waals surface area contributed by atoms with Crippen molar-refractivity contribution in [1.29, 1.82) is 0 Å². The van der Waals surface area contributed by atoms with Crippen LogP contribution in [0.2, 0.25) is 0 Å². The zero-order valence-corrected chi connectivity index (χ0v) is 19.3. The van der Waals surface area contributed by atoms with Crippen molar-refractivity contribution in [2.24, 2.45) is 0 Å². The minimum absolute atomic E-state index is 0.0535. The van der Waals surface area contributed by atoms with E-state index in [1.54, 1.807) is 18.0 Å². The van der Waals surface area contributed by atoms with Crippen LogP contribution < -0.4 is 5.32 Å². The van der Waals surface area contributed by atoms with E-state index < -0.39 is 12.1 Å². The zero-order valence-electron chi connectivity index (χ0n) is 19.3. The molecule has 2 atom stereocenters. The number of nitrogens with zero attached hydrogens (tertiary/aromatic N) is 3. The standard InChI is InChI=1S/C26H30N4O3/c1-17(2)20-11-12-21(27-16-20)25(19-8-5-4-6-9-19)29-26(32)22-10-7-13-30(22)24(31)14-23-28-15-18(3)33-23/h4-6,8-9,11-12,15-17,22,25H,7,10,13-14H2,1-3H3,(H,29,32)/t22-,25-/m0/s1. The van der Waals surface area contributed by atoms with E-state index in [9.17, 15) is 9.59 Å². The van der Waals surface area contributed by atoms with Crippen LogP contribution in [-0.4, -0.2) is 39.3 Å². The number of nitrogens with one attached hydrogen (secondary N) is 1. The molecule has 2 amide bonds. The Balaban J connectivity index is 1.52. The van der Waals surface area contributed by atoms with E-state index in [-0.39, 0.29) is 18.2 Å². The molecule has 0 spiro atoms. The van der Waals surface area contributed by atoms with Crippen LogP contribution in [0.25, 0.3) is 0 Å². The first-order chi connectivity index (χ1) is 15.9. The zero-order chi connectivity index (χ0) is 23.4. The molecule has 1 N–H and O–H groups in total. The Labute approximate surface area is 194 Å². The molecule has 3 heterocycles. The topological polar surface area (TPSA) is 88.3 Å². The molecule has 2 aromatic heterocycles. The maximum atomic E-state index is 13.4. The second-order valence-corrected chi connectivity index (χ2v) is 8.81. The molecule has 0 radical (unpaired) electrons. The Kier molecular flexibility index (Phi) is 6.87. The van der Waals surface area contributed by atoms with Crippen LogP contribution in [0.3, 0.4) is 0 Å². The number of aryl methyl sites for hydroxylation is 1. The lowest BCUT2D eigenvalue weighted by Crippen LogP contribution is -2.47. The number of benzene rings is 1. The highest BCUT2D eigenvalue weighted by Crippen LogP contribution is 2.25. The molecule has 1 fully saturated rings. The van der Waals surface area contributed by atoms with Gasteiger partial charge in [0, 0.05) is 12.7 Å². The normalized spacial score (nSPS) is 16.7. The number of carbonyl (C=O) groups excluding carboxylic acids is 2. The molecule has 1 aliphatic rings. The third-order valence-corrected chi connectivity index (χ3v) is 6.04. The Hall–Kier alpha value is -3.48. The van der Waals surface area contributed by atoms with Crippen LogP contribution in [0.1, 0.15) is 67.1 Å². The summed E-state index contributed by atoms with van der Waals surface area (Å²) in [5.41, 5.74) is 2.86. The van der Waals surface area contributed by atoms with E-state index in [4.69, 9.17) is 4.42 Å². The lowest BCUT2D eigenvalue weighted by Gasteiger charge is -2.26. The van der Waals surface area contributed by atoms with Crippen molar-refractivity contribution >= 4 is 11.8 Å². The number of hydrogen-bond acceptors (Lipinski definition) is 5. The second-order valence-electron chi connectivity index (χ2n) is 8.81. The molecular formula is C26H30N4O3. The highest BCUT2D eigenvalue weighted by molar-refractivity contribution is 5.89. The van der Waals surface area contributed by atoms with Crippen molar-refractivity contribution in [1.82, 2.24) is 20.2 Å². The van der Waals surface area contributed by atoms with Gasteiger partial charge < -0.3 is 14.6 Å². The number of pyridine rings is 1. The number of hydrogen-bond donors (Lipinski definition) is 1. The summed E-state index contributed by atoms with van der Waals surface area (Å²) < 4.78 is 5.45. The van der Waals surface area contributed by atoms with Crippen LogP contribution in [0.15, 0.2) is 59.3 Å². The Morgan fingerprint density at radius 1 is 1.09 bits per heavy atom. The minimum atomic E-state index is -0.519. The van der Waals surface area contributed by atoms with Gasteiger partial charge in [-0.15, -0.1) is 0 Å². The monoisotopic (exact) mass is 446 g/mol. The Morgan fingerprint density at radius 3 is 2.52 bits per heavy atom. The summed E-state index contributed by atoms with van der Waals surface area (Å²) in [4.78, 5) is 36.7. The van der Waals surface area contributed by atoms with Gasteiger partial charge in [0.1, 0.15) is 18.2 Å². The number of rotatable bonds is 7. The van der Waals surface area contributed by atoms with Crippen molar-refractivity contribution in [2.75, 3.05) is 6.54 Å². The summed E-state index contributed by atoms with van der Waals surface area (Å²) >= 11 is 0. The van der Waals surface area contributed by atoms with E-state index in [0.29, 0.717) is 30.5 Å². The molecule has 1 aliphatic heterocycles. The van der Waals surface area contributed by atoms with Crippen LogP contribution in [0.4, 0.5) is 0 Å². The second kappa shape index (κ2) is 9.98. The van der Waals surface area contributed by atoms with Crippen LogP contribution in [0.5, 0.6) is 0 Å². The largest absolute Gasteiger partial charge is 0.445 e. The third kappa shape index (κ3) is 5.30. The van der Waals surface area contributed by atoms with E-state index >= 15 is 0 Å². The Bertz CT molecular complexity index is 1090. The molecule has 0 bridgehead atoms. The quantitative estimate of drug-likeness (QED) is 0.594. The van der Waals surface area contributed by atoms with Crippen molar-refractivity contribution in [2.45, 2.75) is 58.0 Å². The average Bonchev–Trinajstić information content (AvgIpc) is 3.47. The number of amides is 2. The summed E-state index contributed by atoms with van der Waals surface area (Å²) in [6, 6.07) is 12.9. The van der Waals surface area contributed by atoms with Gasteiger partial charge in [0.2, 0.25) is 17.7 Å². The van der Waals surface area contributed by atoms with Crippen LogP contribution >= 0.6 is 0 Å². The summed E-state index contributed by atoms with van der Waals surface area (Å²) in [6.07, 6.45) is 4.93. The van der Waals surface area contributed by atoms with Gasteiger partial charge in [-0.25, -0.2) is 4.98 Å². The lowest BCUT2D eigenvalue weighted by molar-refractivity contribution is -0.138. The lowest BCUT2D eigenvalue weighted by atomic mass is 10.00. The van der Waals surface area contributed by atoms with Crippen molar-refractivity contribution in [3.05, 3.63) is 83.3 Å². The van der Waals surface area contributed by atoms with Crippen molar-refractivity contribution < 1.29 is 14.0 Å². The van der Waals surface area contributed by atoms with Gasteiger partial charge in [-0.05, 0) is 42.9 Å². The fraction of sp³-hybridized carbons (Fsp3) is 0.385. The van der Waals surface area contributed by atoms with E-state index in [0.717, 1.165) is 23.2 Å². The number of oxazole rings is 1. The predicted octanol–water partition coefficient (Wildman–Crippen LogP) is 3.94. The summed E-state index contributed by atoms with van der Waals surface area (Å²) in [5, 5.41) is 3.16. The van der Waals surface area contributed by atoms with Gasteiger partial charge in [0.05, 0.1) is 17.9 Å². The van der Waals surface area contributed by atoms with Crippen molar-refractivity contribution in [3.8, 4) is 0 Å². The Morgan fingerprint density at radius 2 is 1.88 bits per heavy atom. The molecule has 0 aliphatic carbocycles. The third-order valence-electron chi connectivity index (χ3n) is 6.04. The molecule has 1 saturated heterocycles. The summed E-state index contributed by atoms with van der Waals surface area (Å²) in [7, 11) is 0. The maximum absolute atomic E-state index is 13.4. The highest BCUT2D eigenvalue weighted by Gasteiger charge is 2.35. The predicted molar refractivity (Wildman–Crippen MR) is 124 cm³/mol. The smallest absolute Gasteiger partial charge is 0.243 e. The number of likely N-dealkylation sites (tertiary alicyclic amines) is 1. The van der Waals surface area contributed by atoms with E-state index in [2.05, 4.69) is 35.2 Å². The molecule has 33 heavy (non-hydrogen) atoms. The first kappa shape index (κ1) is 22.7. The highest BCUT2D eigenvalue weighted by atomic mass is 16.4. The van der Waals surface area contributed by atoms with Crippen LogP contribution in [-0.2, 0) is 16.0 Å². The molecule has 0 saturated carbocycles. The molecule has 7 nitrogen and oxygen atoms in total. The summed E-state index contributed by atoms with van der Waals surface area (Å²) in [5.74, 6) is 1.09. The van der Waals surface area contributed by atoms with Gasteiger partial charge in [-0.2, -0.15) is 0 Å². The number of carbonyl (C=O) groups is 2. The van der Waals surface area contributed by atoms with Gasteiger partial charge in [-0.3, -0.25) is 14.6 Å². The molecule has 4 rings (SSSR count). The molecule has 172 valence electrons. The molecule has 7 heteroatoms. The van der Waals surface area contributed by atoms with Gasteiger partial charge in [0.15, 0.2) is 0 Å². The van der Waals surface area contributed by atoms with Crippen molar-refractivity contribution in [3.63, 3.8) is 0 Å². The first-order valence-corrected chi connectivity index (χ1v) is 11.4. The number of aromatic nitrogens is 2. The van der Waals surface area contributed by atoms with E-state index in [1.165, 1.54) is 0 Å². The SMILES string of the molecule is Cc1cnc(CC(=O)N2CCC[C@H]2C(=O)N[C@@H](c2ccccc2)c2ccc(C(C)C)cn2)o1. The van der Waals surface area contributed by atoms with Gasteiger partial charge in [-0.1, -0.05) is 50.2 Å².